The lowest BCUT2D eigenvalue weighted by atomic mass is 10.1. The maximum atomic E-state index is 5.70. The summed E-state index contributed by atoms with van der Waals surface area (Å²) >= 11 is 0. The van der Waals surface area contributed by atoms with Crippen molar-refractivity contribution in [2.24, 2.45) is 0 Å². The van der Waals surface area contributed by atoms with Gasteiger partial charge in [0.15, 0.2) is 6.29 Å². The van der Waals surface area contributed by atoms with Crippen molar-refractivity contribution in [3.63, 3.8) is 0 Å². The maximum Gasteiger partial charge on any atom is 0.158 e. The van der Waals surface area contributed by atoms with Crippen molar-refractivity contribution in [2.75, 3.05) is 13.2 Å². The Labute approximate surface area is 127 Å². The first-order valence-corrected chi connectivity index (χ1v) is 7.90. The highest BCUT2D eigenvalue weighted by molar-refractivity contribution is 4.89. The van der Waals surface area contributed by atoms with E-state index in [9.17, 15) is 0 Å². The summed E-state index contributed by atoms with van der Waals surface area (Å²) in [5, 5.41) is 11.7. The minimum atomic E-state index is -0.0696. The average Bonchev–Trinajstić information content (AvgIpc) is 2.89. The fraction of sp³-hybridized carbons (Fsp3) is 0.867. The van der Waals surface area contributed by atoms with Crippen molar-refractivity contribution < 1.29 is 9.47 Å². The summed E-state index contributed by atoms with van der Waals surface area (Å²) in [7, 11) is 0. The molecule has 1 aromatic heterocycles. The minimum absolute atomic E-state index is 0.0696. The van der Waals surface area contributed by atoms with Gasteiger partial charge in [-0.1, -0.05) is 5.21 Å². The van der Waals surface area contributed by atoms with Crippen molar-refractivity contribution in [3.05, 3.63) is 11.9 Å². The Kier molecular flexibility index (Phi) is 6.14. The van der Waals surface area contributed by atoms with Crippen molar-refractivity contribution >= 4 is 0 Å². The fourth-order valence-electron chi connectivity index (χ4n) is 2.24. The first-order chi connectivity index (χ1) is 10.0. The molecule has 6 nitrogen and oxygen atoms in total. The second-order valence-electron chi connectivity index (χ2n) is 6.61. The number of ether oxygens (including phenoxy) is 2. The van der Waals surface area contributed by atoms with Crippen LogP contribution in [0.3, 0.4) is 0 Å². The molecule has 1 atom stereocenters. The Morgan fingerprint density at radius 2 is 2.29 bits per heavy atom. The van der Waals surface area contributed by atoms with Crippen LogP contribution in [0.25, 0.3) is 0 Å². The van der Waals surface area contributed by atoms with Gasteiger partial charge < -0.3 is 14.8 Å². The topological polar surface area (TPSA) is 61.2 Å². The molecular weight excluding hydrogens is 268 g/mol. The highest BCUT2D eigenvalue weighted by Crippen LogP contribution is 2.14. The van der Waals surface area contributed by atoms with Gasteiger partial charge in [-0.05, 0) is 53.0 Å². The van der Waals surface area contributed by atoms with E-state index in [-0.39, 0.29) is 11.8 Å². The van der Waals surface area contributed by atoms with Gasteiger partial charge in [-0.3, -0.25) is 4.68 Å². The van der Waals surface area contributed by atoms with Crippen molar-refractivity contribution in [1.29, 1.82) is 0 Å². The first-order valence-electron chi connectivity index (χ1n) is 7.90. The normalized spacial score (nSPS) is 19.9. The lowest BCUT2D eigenvalue weighted by Gasteiger charge is -2.22. The first kappa shape index (κ1) is 16.4. The molecule has 6 heteroatoms. The van der Waals surface area contributed by atoms with Crippen LogP contribution >= 0.6 is 0 Å². The van der Waals surface area contributed by atoms with Crippen LogP contribution in [-0.4, -0.2) is 40.0 Å². The van der Waals surface area contributed by atoms with Gasteiger partial charge in [0.05, 0.1) is 12.8 Å². The zero-order valence-corrected chi connectivity index (χ0v) is 13.5. The molecule has 0 aliphatic carbocycles. The van der Waals surface area contributed by atoms with Crippen LogP contribution in [0, 0.1) is 0 Å². The minimum Gasteiger partial charge on any atom is -0.353 e. The zero-order chi connectivity index (χ0) is 15.1. The molecule has 2 rings (SSSR count). The third-order valence-corrected chi connectivity index (χ3v) is 3.36. The number of rotatable bonds is 7. The molecular formula is C15H28N4O2. The van der Waals surface area contributed by atoms with Crippen molar-refractivity contribution in [2.45, 2.75) is 71.4 Å². The molecule has 1 unspecified atom stereocenters. The molecule has 1 aromatic rings. The molecule has 0 radical (unpaired) electrons. The lowest BCUT2D eigenvalue weighted by Crippen LogP contribution is -2.36. The third-order valence-electron chi connectivity index (χ3n) is 3.36. The highest BCUT2D eigenvalue weighted by atomic mass is 16.7. The van der Waals surface area contributed by atoms with E-state index >= 15 is 0 Å². The molecule has 1 saturated heterocycles. The van der Waals surface area contributed by atoms with Gasteiger partial charge >= 0.3 is 0 Å². The van der Waals surface area contributed by atoms with Crippen LogP contribution in [0.2, 0.25) is 0 Å². The van der Waals surface area contributed by atoms with Gasteiger partial charge in [-0.15, -0.1) is 5.10 Å². The van der Waals surface area contributed by atoms with E-state index in [1.54, 1.807) is 0 Å². The molecule has 1 aliphatic heterocycles. The quantitative estimate of drug-likeness (QED) is 0.781. The number of nitrogens with one attached hydrogen (secondary N) is 1. The number of hydrogen-bond donors (Lipinski definition) is 1. The summed E-state index contributed by atoms with van der Waals surface area (Å²) in [5.74, 6) is 0. The zero-order valence-electron chi connectivity index (χ0n) is 13.5. The Morgan fingerprint density at radius 3 is 3.00 bits per heavy atom. The molecule has 0 amide bonds. The van der Waals surface area contributed by atoms with Crippen molar-refractivity contribution in [3.8, 4) is 0 Å². The monoisotopic (exact) mass is 296 g/mol. The summed E-state index contributed by atoms with van der Waals surface area (Å²) in [6.07, 6.45) is 6.22. The van der Waals surface area contributed by atoms with Gasteiger partial charge in [0.1, 0.15) is 5.69 Å². The summed E-state index contributed by atoms with van der Waals surface area (Å²) in [4.78, 5) is 0. The molecule has 1 aliphatic rings. The highest BCUT2D eigenvalue weighted by Gasteiger charge is 2.14. The number of aromatic nitrogens is 3. The van der Waals surface area contributed by atoms with E-state index in [1.165, 1.54) is 6.42 Å². The average molecular weight is 296 g/mol. The molecule has 1 fully saturated rings. The van der Waals surface area contributed by atoms with Crippen LogP contribution in [0.4, 0.5) is 0 Å². The molecule has 0 bridgehead atoms. The lowest BCUT2D eigenvalue weighted by molar-refractivity contribution is -0.169. The molecule has 1 N–H and O–H groups in total. The largest absolute Gasteiger partial charge is 0.353 e. The second-order valence-corrected chi connectivity index (χ2v) is 6.61. The van der Waals surface area contributed by atoms with E-state index in [1.807, 2.05) is 10.9 Å². The van der Waals surface area contributed by atoms with Crippen LogP contribution in [0.5, 0.6) is 0 Å². The van der Waals surface area contributed by atoms with Gasteiger partial charge in [0.25, 0.3) is 0 Å². The van der Waals surface area contributed by atoms with Crippen molar-refractivity contribution in [1.82, 2.24) is 20.3 Å². The van der Waals surface area contributed by atoms with E-state index in [0.29, 0.717) is 6.61 Å². The second kappa shape index (κ2) is 7.87. The van der Waals surface area contributed by atoms with Gasteiger partial charge in [-0.25, -0.2) is 0 Å². The molecule has 21 heavy (non-hydrogen) atoms. The fourth-order valence-corrected chi connectivity index (χ4v) is 2.24. The molecule has 120 valence electrons. The van der Waals surface area contributed by atoms with Crippen LogP contribution in [0.15, 0.2) is 6.20 Å². The summed E-state index contributed by atoms with van der Waals surface area (Å²) < 4.78 is 13.1. The predicted molar refractivity (Wildman–Crippen MR) is 80.8 cm³/mol. The number of hydrogen-bond acceptors (Lipinski definition) is 5. The van der Waals surface area contributed by atoms with E-state index in [4.69, 9.17) is 9.47 Å². The Hall–Kier alpha value is -0.980. The van der Waals surface area contributed by atoms with Crippen LogP contribution in [-0.2, 0) is 22.6 Å². The SMILES string of the molecule is CC(C)(C)NCCCn1cc(COC2CCCCO2)nn1. The van der Waals surface area contributed by atoms with Gasteiger partial charge in [0, 0.05) is 18.7 Å². The van der Waals surface area contributed by atoms with Crippen LogP contribution < -0.4 is 5.32 Å². The molecule has 0 aromatic carbocycles. The maximum absolute atomic E-state index is 5.70. The Morgan fingerprint density at radius 1 is 1.43 bits per heavy atom. The third kappa shape index (κ3) is 6.54. The summed E-state index contributed by atoms with van der Waals surface area (Å²) in [6.45, 7) is 9.64. The van der Waals surface area contributed by atoms with E-state index < -0.39 is 0 Å². The number of aryl methyl sites for hydroxylation is 1. The molecule has 0 spiro atoms. The Balaban J connectivity index is 1.64. The summed E-state index contributed by atoms with van der Waals surface area (Å²) in [6, 6.07) is 0. The van der Waals surface area contributed by atoms with E-state index in [2.05, 4.69) is 36.4 Å². The standard InChI is InChI=1S/C15H28N4O2/c1-15(2,3)16-8-6-9-19-11-13(17-18-19)12-21-14-7-4-5-10-20-14/h11,14,16H,4-10,12H2,1-3H3. The Bertz CT molecular complexity index is 408. The summed E-state index contributed by atoms with van der Waals surface area (Å²) in [5.41, 5.74) is 1.04. The number of nitrogens with zero attached hydrogens (tertiary/aromatic N) is 3. The smallest absolute Gasteiger partial charge is 0.158 e. The van der Waals surface area contributed by atoms with Gasteiger partial charge in [0.2, 0.25) is 0 Å². The van der Waals surface area contributed by atoms with Gasteiger partial charge in [-0.2, -0.15) is 0 Å². The van der Waals surface area contributed by atoms with E-state index in [0.717, 1.165) is 44.7 Å². The van der Waals surface area contributed by atoms with Crippen LogP contribution in [0.1, 0.15) is 52.1 Å². The molecule has 0 saturated carbocycles. The predicted octanol–water partition coefficient (Wildman–Crippen LogP) is 2.10. The molecule has 2 heterocycles.